The molecule has 0 aliphatic heterocycles. The van der Waals surface area contributed by atoms with Crippen molar-refractivity contribution < 1.29 is 4.79 Å². The van der Waals surface area contributed by atoms with Gasteiger partial charge in [0.25, 0.3) is 0 Å². The number of hydrogen-bond acceptors (Lipinski definition) is 3. The summed E-state index contributed by atoms with van der Waals surface area (Å²) in [6.07, 6.45) is 8.40. The number of nitrogens with one attached hydrogen (secondary N) is 1. The van der Waals surface area contributed by atoms with Crippen molar-refractivity contribution >= 4 is 34.7 Å². The van der Waals surface area contributed by atoms with Gasteiger partial charge in [-0.05, 0) is 52.8 Å². The minimum absolute atomic E-state index is 0.00373. The fraction of sp³-hybridized carbons (Fsp3) is 0.353. The zero-order valence-electron chi connectivity index (χ0n) is 11.9. The van der Waals surface area contributed by atoms with E-state index < -0.39 is 0 Å². The lowest BCUT2D eigenvalue weighted by atomic mass is 9.84. The van der Waals surface area contributed by atoms with Crippen molar-refractivity contribution in [1.82, 2.24) is 5.32 Å². The van der Waals surface area contributed by atoms with Crippen LogP contribution in [-0.2, 0) is 10.2 Å². The molecule has 1 fully saturated rings. The number of thiophene rings is 2. The van der Waals surface area contributed by atoms with Gasteiger partial charge in [-0.2, -0.15) is 11.3 Å². The standard InChI is InChI=1S/C17H19NOS2/c19-16(6-5-14-7-11-20-12-14)18-13-17(8-1-2-9-17)15-4-3-10-21-15/h3-7,10-12H,1-2,8-9,13H2,(H,18,19)/b6-5+. The first-order valence-electron chi connectivity index (χ1n) is 7.31. The fourth-order valence-electron chi connectivity index (χ4n) is 3.00. The molecule has 110 valence electrons. The highest BCUT2D eigenvalue weighted by Gasteiger charge is 2.36. The molecule has 1 saturated carbocycles. The van der Waals surface area contributed by atoms with Crippen molar-refractivity contribution in [2.24, 2.45) is 0 Å². The molecule has 0 saturated heterocycles. The van der Waals surface area contributed by atoms with Crippen LogP contribution in [-0.4, -0.2) is 12.5 Å². The van der Waals surface area contributed by atoms with Gasteiger partial charge < -0.3 is 5.32 Å². The largest absolute Gasteiger partial charge is 0.352 e. The molecule has 0 radical (unpaired) electrons. The number of rotatable bonds is 5. The van der Waals surface area contributed by atoms with Crippen LogP contribution >= 0.6 is 22.7 Å². The van der Waals surface area contributed by atoms with Crippen molar-refractivity contribution in [2.45, 2.75) is 31.1 Å². The lowest BCUT2D eigenvalue weighted by Gasteiger charge is -2.28. The quantitative estimate of drug-likeness (QED) is 0.811. The summed E-state index contributed by atoms with van der Waals surface area (Å²) in [4.78, 5) is 13.4. The Bertz CT molecular complexity index is 593. The molecule has 0 bridgehead atoms. The SMILES string of the molecule is O=C(/C=C/c1ccsc1)NCC1(c2cccs2)CCCC1. The highest BCUT2D eigenvalue weighted by atomic mass is 32.1. The second-order valence-electron chi connectivity index (χ2n) is 5.57. The third-order valence-electron chi connectivity index (χ3n) is 4.18. The molecule has 0 aromatic carbocycles. The Kier molecular flexibility index (Phi) is 4.56. The molecule has 1 aliphatic carbocycles. The molecule has 0 atom stereocenters. The molecule has 2 aromatic rings. The third-order valence-corrected chi connectivity index (χ3v) is 5.99. The smallest absolute Gasteiger partial charge is 0.244 e. The van der Waals surface area contributed by atoms with E-state index in [2.05, 4.69) is 22.8 Å². The van der Waals surface area contributed by atoms with Gasteiger partial charge in [-0.3, -0.25) is 4.79 Å². The van der Waals surface area contributed by atoms with Crippen LogP contribution in [0.3, 0.4) is 0 Å². The van der Waals surface area contributed by atoms with Crippen LogP contribution in [0.4, 0.5) is 0 Å². The van der Waals surface area contributed by atoms with E-state index in [1.807, 2.05) is 34.2 Å². The Hall–Kier alpha value is -1.39. The van der Waals surface area contributed by atoms with E-state index in [4.69, 9.17) is 0 Å². The average Bonchev–Trinajstić information content (AvgIpc) is 3.25. The normalized spacial score (nSPS) is 17.3. The van der Waals surface area contributed by atoms with Gasteiger partial charge in [-0.1, -0.05) is 18.9 Å². The van der Waals surface area contributed by atoms with Crippen LogP contribution in [0.2, 0.25) is 0 Å². The van der Waals surface area contributed by atoms with E-state index in [0.717, 1.165) is 12.1 Å². The third kappa shape index (κ3) is 3.44. The zero-order valence-corrected chi connectivity index (χ0v) is 13.5. The minimum atomic E-state index is 0.00373. The summed E-state index contributed by atoms with van der Waals surface area (Å²) in [5.74, 6) is 0.00373. The molecular formula is C17H19NOS2. The molecule has 21 heavy (non-hydrogen) atoms. The average molecular weight is 317 g/mol. The van der Waals surface area contributed by atoms with E-state index in [9.17, 15) is 4.79 Å². The number of hydrogen-bond donors (Lipinski definition) is 1. The first kappa shape index (κ1) is 14.5. The maximum absolute atomic E-state index is 12.0. The zero-order chi connectivity index (χ0) is 14.5. The predicted octanol–water partition coefficient (Wildman–Crippen LogP) is 4.45. The van der Waals surface area contributed by atoms with Crippen molar-refractivity contribution in [3.63, 3.8) is 0 Å². The number of carbonyl (C=O) groups is 1. The van der Waals surface area contributed by atoms with Crippen LogP contribution < -0.4 is 5.32 Å². The molecule has 0 spiro atoms. The van der Waals surface area contributed by atoms with Crippen LogP contribution in [0.1, 0.15) is 36.1 Å². The van der Waals surface area contributed by atoms with Crippen LogP contribution in [0, 0.1) is 0 Å². The van der Waals surface area contributed by atoms with Gasteiger partial charge in [0.2, 0.25) is 5.91 Å². The maximum Gasteiger partial charge on any atom is 0.244 e. The summed E-state index contributed by atoms with van der Waals surface area (Å²) in [5, 5.41) is 9.28. The topological polar surface area (TPSA) is 29.1 Å². The predicted molar refractivity (Wildman–Crippen MR) is 90.8 cm³/mol. The molecule has 2 aromatic heterocycles. The van der Waals surface area contributed by atoms with E-state index in [-0.39, 0.29) is 11.3 Å². The first-order chi connectivity index (χ1) is 10.3. The summed E-state index contributed by atoms with van der Waals surface area (Å²) in [7, 11) is 0. The Labute approximate surface area is 133 Å². The second-order valence-corrected chi connectivity index (χ2v) is 7.30. The summed E-state index contributed by atoms with van der Waals surface area (Å²) in [6.45, 7) is 0.750. The monoisotopic (exact) mass is 317 g/mol. The highest BCUT2D eigenvalue weighted by molar-refractivity contribution is 7.10. The summed E-state index contributed by atoms with van der Waals surface area (Å²) in [6, 6.07) is 6.33. The van der Waals surface area contributed by atoms with Gasteiger partial charge in [0, 0.05) is 22.9 Å². The Morgan fingerprint density at radius 1 is 1.29 bits per heavy atom. The molecule has 1 amide bonds. The van der Waals surface area contributed by atoms with Gasteiger partial charge in [0.1, 0.15) is 0 Å². The minimum Gasteiger partial charge on any atom is -0.352 e. The van der Waals surface area contributed by atoms with Gasteiger partial charge in [-0.15, -0.1) is 11.3 Å². The van der Waals surface area contributed by atoms with Crippen LogP contribution in [0.15, 0.2) is 40.4 Å². The first-order valence-corrected chi connectivity index (χ1v) is 9.13. The molecule has 3 rings (SSSR count). The van der Waals surface area contributed by atoms with Crippen molar-refractivity contribution in [3.05, 3.63) is 50.9 Å². The Morgan fingerprint density at radius 2 is 2.14 bits per heavy atom. The Balaban J connectivity index is 1.61. The van der Waals surface area contributed by atoms with Crippen molar-refractivity contribution in [3.8, 4) is 0 Å². The molecule has 2 nitrogen and oxygen atoms in total. The summed E-state index contributed by atoms with van der Waals surface area (Å²) >= 11 is 3.46. The summed E-state index contributed by atoms with van der Waals surface area (Å²) in [5.41, 5.74) is 1.25. The van der Waals surface area contributed by atoms with Gasteiger partial charge in [0.05, 0.1) is 0 Å². The van der Waals surface area contributed by atoms with Crippen LogP contribution in [0.25, 0.3) is 6.08 Å². The molecule has 0 unspecified atom stereocenters. The highest BCUT2D eigenvalue weighted by Crippen LogP contribution is 2.42. The van der Waals surface area contributed by atoms with Crippen LogP contribution in [0.5, 0.6) is 0 Å². The van der Waals surface area contributed by atoms with E-state index in [1.165, 1.54) is 30.6 Å². The molecule has 1 N–H and O–H groups in total. The summed E-state index contributed by atoms with van der Waals surface area (Å²) < 4.78 is 0. The van der Waals surface area contributed by atoms with Crippen molar-refractivity contribution in [1.29, 1.82) is 0 Å². The maximum atomic E-state index is 12.0. The Morgan fingerprint density at radius 3 is 2.81 bits per heavy atom. The van der Waals surface area contributed by atoms with Gasteiger partial charge in [0.15, 0.2) is 0 Å². The molecule has 1 aliphatic rings. The van der Waals surface area contributed by atoms with E-state index in [0.29, 0.717) is 0 Å². The lowest BCUT2D eigenvalue weighted by molar-refractivity contribution is -0.116. The second kappa shape index (κ2) is 6.58. The van der Waals surface area contributed by atoms with Gasteiger partial charge >= 0.3 is 0 Å². The number of amides is 1. The molecule has 2 heterocycles. The van der Waals surface area contributed by atoms with Crippen molar-refractivity contribution in [2.75, 3.05) is 6.54 Å². The molecule has 4 heteroatoms. The molecular weight excluding hydrogens is 298 g/mol. The lowest BCUT2D eigenvalue weighted by Crippen LogP contribution is -2.37. The van der Waals surface area contributed by atoms with Gasteiger partial charge in [-0.25, -0.2) is 0 Å². The van der Waals surface area contributed by atoms with E-state index in [1.54, 1.807) is 17.4 Å². The fourth-order valence-corrected chi connectivity index (χ4v) is 4.62. The number of carbonyl (C=O) groups excluding carboxylic acids is 1. The van der Waals surface area contributed by atoms with E-state index >= 15 is 0 Å².